The summed E-state index contributed by atoms with van der Waals surface area (Å²) in [4.78, 5) is -0.253. The van der Waals surface area contributed by atoms with E-state index in [-0.39, 0.29) is 4.84 Å². The summed E-state index contributed by atoms with van der Waals surface area (Å²) < 4.78 is 0. The van der Waals surface area contributed by atoms with Gasteiger partial charge in [0, 0.05) is 0 Å². The Hall–Kier alpha value is -0.460. The van der Waals surface area contributed by atoms with Crippen LogP contribution in [-0.4, -0.2) is 4.84 Å². The number of aryl methyl sites for hydroxylation is 1. The summed E-state index contributed by atoms with van der Waals surface area (Å²) in [5.74, 6) is 0.566. The van der Waals surface area contributed by atoms with Gasteiger partial charge in [0.2, 0.25) is 0 Å². The van der Waals surface area contributed by atoms with Crippen molar-refractivity contribution in [2.45, 2.75) is 36.9 Å². The molecule has 1 unspecified atom stereocenters. The van der Waals surface area contributed by atoms with Crippen molar-refractivity contribution >= 4 is 23.2 Å². The molecular weight excluding hydrogens is 251 g/mol. The Morgan fingerprint density at radius 1 is 1.18 bits per heavy atom. The molecule has 1 rings (SSSR count). The smallest absolute Gasteiger partial charge is 0.105 e. The van der Waals surface area contributed by atoms with Gasteiger partial charge in [-0.2, -0.15) is 0 Å². The van der Waals surface area contributed by atoms with E-state index in [2.05, 4.69) is 36.9 Å². The Morgan fingerprint density at radius 3 is 2.47 bits per heavy atom. The zero-order chi connectivity index (χ0) is 12.5. The SMILES string of the molecule is C=CCC(CCCc1ccccc1)CC(Cl)Cl. The molecular formula is C15H20Cl2. The highest BCUT2D eigenvalue weighted by Crippen LogP contribution is 2.23. The molecule has 0 heterocycles. The highest BCUT2D eigenvalue weighted by molar-refractivity contribution is 6.44. The van der Waals surface area contributed by atoms with Crippen molar-refractivity contribution in [2.24, 2.45) is 5.92 Å². The first-order valence-electron chi connectivity index (χ1n) is 6.15. The molecule has 0 spiro atoms. The minimum absolute atomic E-state index is 0.253. The maximum Gasteiger partial charge on any atom is 0.108 e. The van der Waals surface area contributed by atoms with Crippen LogP contribution in [0.2, 0.25) is 0 Å². The summed E-state index contributed by atoms with van der Waals surface area (Å²) in [6, 6.07) is 10.6. The van der Waals surface area contributed by atoms with Gasteiger partial charge in [-0.05, 0) is 43.6 Å². The number of hydrogen-bond acceptors (Lipinski definition) is 0. The molecule has 0 N–H and O–H groups in total. The van der Waals surface area contributed by atoms with Crippen molar-refractivity contribution in [1.82, 2.24) is 0 Å². The number of halogens is 2. The molecule has 0 aliphatic rings. The topological polar surface area (TPSA) is 0 Å². The molecule has 0 aliphatic heterocycles. The fraction of sp³-hybridized carbons (Fsp3) is 0.467. The first kappa shape index (κ1) is 14.6. The Bertz CT molecular complexity index is 306. The van der Waals surface area contributed by atoms with Gasteiger partial charge in [0.1, 0.15) is 4.84 Å². The van der Waals surface area contributed by atoms with Gasteiger partial charge >= 0.3 is 0 Å². The van der Waals surface area contributed by atoms with Crippen LogP contribution in [0.15, 0.2) is 43.0 Å². The second kappa shape index (κ2) is 8.60. The Balaban J connectivity index is 2.29. The van der Waals surface area contributed by atoms with E-state index in [4.69, 9.17) is 23.2 Å². The first-order valence-corrected chi connectivity index (χ1v) is 7.02. The van der Waals surface area contributed by atoms with Gasteiger partial charge in [-0.25, -0.2) is 0 Å². The molecule has 17 heavy (non-hydrogen) atoms. The lowest BCUT2D eigenvalue weighted by Gasteiger charge is -2.15. The van der Waals surface area contributed by atoms with Gasteiger partial charge in [0.25, 0.3) is 0 Å². The van der Waals surface area contributed by atoms with Gasteiger partial charge in [-0.15, -0.1) is 29.8 Å². The fourth-order valence-corrected chi connectivity index (χ4v) is 2.56. The van der Waals surface area contributed by atoms with Crippen molar-refractivity contribution in [3.05, 3.63) is 48.6 Å². The van der Waals surface area contributed by atoms with E-state index in [9.17, 15) is 0 Å². The second-order valence-electron chi connectivity index (χ2n) is 4.40. The third-order valence-electron chi connectivity index (χ3n) is 2.93. The summed E-state index contributed by atoms with van der Waals surface area (Å²) in [7, 11) is 0. The molecule has 94 valence electrons. The monoisotopic (exact) mass is 270 g/mol. The zero-order valence-corrected chi connectivity index (χ0v) is 11.6. The normalized spacial score (nSPS) is 12.6. The van der Waals surface area contributed by atoms with E-state index in [1.807, 2.05) is 6.08 Å². The van der Waals surface area contributed by atoms with Crippen LogP contribution in [-0.2, 0) is 6.42 Å². The van der Waals surface area contributed by atoms with Crippen LogP contribution in [0.5, 0.6) is 0 Å². The van der Waals surface area contributed by atoms with Crippen LogP contribution >= 0.6 is 23.2 Å². The molecule has 1 aromatic carbocycles. The predicted molar refractivity (Wildman–Crippen MR) is 77.8 cm³/mol. The maximum atomic E-state index is 5.84. The summed E-state index contributed by atoms with van der Waals surface area (Å²) in [6.45, 7) is 3.79. The van der Waals surface area contributed by atoms with Gasteiger partial charge in [0.05, 0.1) is 0 Å². The van der Waals surface area contributed by atoms with Crippen molar-refractivity contribution in [3.63, 3.8) is 0 Å². The molecule has 0 saturated carbocycles. The van der Waals surface area contributed by atoms with Crippen LogP contribution in [0.25, 0.3) is 0 Å². The van der Waals surface area contributed by atoms with Gasteiger partial charge < -0.3 is 0 Å². The number of benzene rings is 1. The quantitative estimate of drug-likeness (QED) is 0.439. The molecule has 0 aromatic heterocycles. The lowest BCUT2D eigenvalue weighted by atomic mass is 9.94. The van der Waals surface area contributed by atoms with E-state index in [1.165, 1.54) is 12.0 Å². The van der Waals surface area contributed by atoms with Crippen LogP contribution < -0.4 is 0 Å². The summed E-state index contributed by atoms with van der Waals surface area (Å²) in [5, 5.41) is 0. The van der Waals surface area contributed by atoms with Crippen LogP contribution in [0.1, 0.15) is 31.2 Å². The molecule has 0 nitrogen and oxygen atoms in total. The summed E-state index contributed by atoms with van der Waals surface area (Å²) in [5.41, 5.74) is 1.40. The summed E-state index contributed by atoms with van der Waals surface area (Å²) in [6.07, 6.45) is 7.31. The Kier molecular flexibility index (Phi) is 7.39. The van der Waals surface area contributed by atoms with E-state index in [1.54, 1.807) is 0 Å². The number of hydrogen-bond donors (Lipinski definition) is 0. The fourth-order valence-electron chi connectivity index (χ4n) is 2.06. The number of rotatable bonds is 8. The number of allylic oxidation sites excluding steroid dienone is 1. The second-order valence-corrected chi connectivity index (χ2v) is 5.67. The van der Waals surface area contributed by atoms with Crippen molar-refractivity contribution in [2.75, 3.05) is 0 Å². The lowest BCUT2D eigenvalue weighted by molar-refractivity contribution is 0.454. The maximum absolute atomic E-state index is 5.84. The first-order chi connectivity index (χ1) is 8.22. The predicted octanol–water partition coefficient (Wildman–Crippen LogP) is 5.40. The molecule has 0 aliphatic carbocycles. The molecule has 0 amide bonds. The largest absolute Gasteiger partial charge is 0.108 e. The minimum Gasteiger partial charge on any atom is -0.105 e. The van der Waals surface area contributed by atoms with E-state index >= 15 is 0 Å². The number of alkyl halides is 2. The van der Waals surface area contributed by atoms with E-state index in [0.717, 1.165) is 25.7 Å². The van der Waals surface area contributed by atoms with Crippen LogP contribution in [0.3, 0.4) is 0 Å². The van der Waals surface area contributed by atoms with E-state index < -0.39 is 0 Å². The van der Waals surface area contributed by atoms with Crippen molar-refractivity contribution in [3.8, 4) is 0 Å². The highest BCUT2D eigenvalue weighted by atomic mass is 35.5. The van der Waals surface area contributed by atoms with Gasteiger partial charge in [-0.3, -0.25) is 0 Å². The van der Waals surface area contributed by atoms with E-state index in [0.29, 0.717) is 5.92 Å². The zero-order valence-electron chi connectivity index (χ0n) is 10.1. The highest BCUT2D eigenvalue weighted by Gasteiger charge is 2.11. The lowest BCUT2D eigenvalue weighted by Crippen LogP contribution is -2.04. The third-order valence-corrected chi connectivity index (χ3v) is 3.29. The standard InChI is InChI=1S/C15H20Cl2/c1-2-7-14(12-15(16)17)11-6-10-13-8-4-3-5-9-13/h2-5,8-9,14-15H,1,6-7,10-12H2. The Labute approximate surface area is 115 Å². The van der Waals surface area contributed by atoms with Gasteiger partial charge in [0.15, 0.2) is 0 Å². The summed E-state index contributed by atoms with van der Waals surface area (Å²) >= 11 is 11.7. The Morgan fingerprint density at radius 2 is 1.88 bits per heavy atom. The molecule has 0 radical (unpaired) electrons. The average molecular weight is 271 g/mol. The van der Waals surface area contributed by atoms with Crippen molar-refractivity contribution < 1.29 is 0 Å². The molecule has 1 atom stereocenters. The average Bonchev–Trinajstić information content (AvgIpc) is 2.30. The molecule has 2 heteroatoms. The van der Waals surface area contributed by atoms with Crippen LogP contribution in [0, 0.1) is 5.92 Å². The minimum atomic E-state index is -0.253. The van der Waals surface area contributed by atoms with Gasteiger partial charge in [-0.1, -0.05) is 36.4 Å². The molecule has 0 saturated heterocycles. The molecule has 0 fully saturated rings. The van der Waals surface area contributed by atoms with Crippen LogP contribution in [0.4, 0.5) is 0 Å². The molecule has 1 aromatic rings. The third kappa shape index (κ3) is 6.75. The molecule has 0 bridgehead atoms. The van der Waals surface area contributed by atoms with Crippen molar-refractivity contribution in [1.29, 1.82) is 0 Å².